The Balaban J connectivity index is 2.19. The van der Waals surface area contributed by atoms with Crippen molar-refractivity contribution in [1.29, 1.82) is 0 Å². The SMILES string of the molecule is Cc1nc(C(=O)Nc2ccc(C)c(C#CCN)c2)cs1. The summed E-state index contributed by atoms with van der Waals surface area (Å²) in [6.07, 6.45) is 0. The Morgan fingerprint density at radius 3 is 2.90 bits per heavy atom. The van der Waals surface area contributed by atoms with Crippen LogP contribution in [0.3, 0.4) is 0 Å². The maximum Gasteiger partial charge on any atom is 0.275 e. The highest BCUT2D eigenvalue weighted by Crippen LogP contribution is 2.16. The summed E-state index contributed by atoms with van der Waals surface area (Å²) in [7, 11) is 0. The zero-order chi connectivity index (χ0) is 14.5. The first-order valence-corrected chi connectivity index (χ1v) is 7.01. The molecule has 0 aliphatic carbocycles. The molecule has 20 heavy (non-hydrogen) atoms. The molecule has 102 valence electrons. The van der Waals surface area contributed by atoms with Gasteiger partial charge in [0.2, 0.25) is 0 Å². The summed E-state index contributed by atoms with van der Waals surface area (Å²) >= 11 is 1.45. The molecule has 0 spiro atoms. The Kier molecular flexibility index (Phi) is 4.51. The first-order chi connectivity index (χ1) is 9.60. The van der Waals surface area contributed by atoms with Gasteiger partial charge in [0.05, 0.1) is 11.6 Å². The molecule has 0 saturated heterocycles. The van der Waals surface area contributed by atoms with Gasteiger partial charge >= 0.3 is 0 Å². The van der Waals surface area contributed by atoms with Crippen LogP contribution in [0.4, 0.5) is 5.69 Å². The standard InChI is InChI=1S/C15H15N3OS/c1-10-5-6-13(8-12(10)4-3-7-16)18-15(19)14-9-20-11(2)17-14/h5-6,8-9H,7,16H2,1-2H3,(H,18,19). The normalized spacial score (nSPS) is 9.75. The molecule has 5 heteroatoms. The van der Waals surface area contributed by atoms with E-state index in [0.717, 1.165) is 16.1 Å². The van der Waals surface area contributed by atoms with Crippen molar-refractivity contribution in [2.45, 2.75) is 13.8 Å². The van der Waals surface area contributed by atoms with Crippen molar-refractivity contribution in [3.05, 3.63) is 45.4 Å². The number of nitrogens with one attached hydrogen (secondary N) is 1. The topological polar surface area (TPSA) is 68.0 Å². The van der Waals surface area contributed by atoms with Crippen LogP contribution in [0.5, 0.6) is 0 Å². The van der Waals surface area contributed by atoms with E-state index in [9.17, 15) is 4.79 Å². The second kappa shape index (κ2) is 6.33. The molecule has 2 aromatic rings. The molecular weight excluding hydrogens is 270 g/mol. The van der Waals surface area contributed by atoms with Crippen LogP contribution in [-0.2, 0) is 0 Å². The summed E-state index contributed by atoms with van der Waals surface area (Å²) in [5.74, 6) is 5.59. The molecule has 3 N–H and O–H groups in total. The highest BCUT2D eigenvalue weighted by molar-refractivity contribution is 7.09. The van der Waals surface area contributed by atoms with Crippen LogP contribution in [0.25, 0.3) is 0 Å². The summed E-state index contributed by atoms with van der Waals surface area (Å²) in [4.78, 5) is 16.2. The lowest BCUT2D eigenvalue weighted by Gasteiger charge is -2.05. The molecule has 1 heterocycles. The third kappa shape index (κ3) is 3.44. The van der Waals surface area contributed by atoms with E-state index in [1.807, 2.05) is 32.0 Å². The van der Waals surface area contributed by atoms with Gasteiger partial charge in [0, 0.05) is 16.6 Å². The molecular formula is C15H15N3OS. The number of nitrogens with zero attached hydrogens (tertiary/aromatic N) is 1. The first-order valence-electron chi connectivity index (χ1n) is 6.13. The van der Waals surface area contributed by atoms with Crippen LogP contribution in [0.1, 0.15) is 26.6 Å². The molecule has 0 atom stereocenters. The lowest BCUT2D eigenvalue weighted by Crippen LogP contribution is -2.12. The van der Waals surface area contributed by atoms with Crippen molar-refractivity contribution in [1.82, 2.24) is 4.98 Å². The molecule has 0 aliphatic rings. The number of hydrogen-bond acceptors (Lipinski definition) is 4. The lowest BCUT2D eigenvalue weighted by molar-refractivity contribution is 0.102. The van der Waals surface area contributed by atoms with Gasteiger partial charge in [-0.1, -0.05) is 17.9 Å². The second-order valence-electron chi connectivity index (χ2n) is 4.24. The van der Waals surface area contributed by atoms with Gasteiger partial charge in [-0.15, -0.1) is 11.3 Å². The number of nitrogens with two attached hydrogens (primary N) is 1. The van der Waals surface area contributed by atoms with Crippen molar-refractivity contribution >= 4 is 22.9 Å². The summed E-state index contributed by atoms with van der Waals surface area (Å²) in [6.45, 7) is 4.15. The molecule has 0 aliphatic heterocycles. The van der Waals surface area contributed by atoms with Crippen LogP contribution in [0.15, 0.2) is 23.6 Å². The van der Waals surface area contributed by atoms with Gasteiger partial charge in [-0.25, -0.2) is 4.98 Å². The number of aryl methyl sites for hydroxylation is 2. The zero-order valence-corrected chi connectivity index (χ0v) is 12.2. The van der Waals surface area contributed by atoms with Crippen molar-refractivity contribution in [3.8, 4) is 11.8 Å². The van der Waals surface area contributed by atoms with Gasteiger partial charge in [-0.05, 0) is 31.5 Å². The Bertz CT molecular complexity index is 695. The number of amides is 1. The van der Waals surface area contributed by atoms with Gasteiger partial charge in [0.1, 0.15) is 5.69 Å². The number of benzene rings is 1. The third-order valence-electron chi connectivity index (χ3n) is 2.67. The fourth-order valence-electron chi connectivity index (χ4n) is 1.64. The van der Waals surface area contributed by atoms with Gasteiger partial charge in [0.15, 0.2) is 0 Å². The van der Waals surface area contributed by atoms with Crippen LogP contribution in [-0.4, -0.2) is 17.4 Å². The van der Waals surface area contributed by atoms with Gasteiger partial charge in [0.25, 0.3) is 5.91 Å². The average molecular weight is 285 g/mol. The van der Waals surface area contributed by atoms with E-state index in [0.29, 0.717) is 17.9 Å². The largest absolute Gasteiger partial charge is 0.321 e. The monoisotopic (exact) mass is 285 g/mol. The van der Waals surface area contributed by atoms with Gasteiger partial charge in [-0.3, -0.25) is 4.79 Å². The second-order valence-corrected chi connectivity index (χ2v) is 5.30. The molecule has 0 fully saturated rings. The average Bonchev–Trinajstić information content (AvgIpc) is 2.86. The number of carbonyl (C=O) groups is 1. The van der Waals surface area contributed by atoms with E-state index in [-0.39, 0.29) is 5.91 Å². The number of aromatic nitrogens is 1. The van der Waals surface area contributed by atoms with Crippen LogP contribution >= 0.6 is 11.3 Å². The number of thiazole rings is 1. The van der Waals surface area contributed by atoms with E-state index < -0.39 is 0 Å². The molecule has 4 nitrogen and oxygen atoms in total. The lowest BCUT2D eigenvalue weighted by atomic mass is 10.1. The number of hydrogen-bond donors (Lipinski definition) is 2. The Hall–Kier alpha value is -2.16. The highest BCUT2D eigenvalue weighted by Gasteiger charge is 2.10. The maximum atomic E-state index is 12.0. The minimum Gasteiger partial charge on any atom is -0.321 e. The van der Waals surface area contributed by atoms with Gasteiger partial charge in [-0.2, -0.15) is 0 Å². The quantitative estimate of drug-likeness (QED) is 0.832. The minimum atomic E-state index is -0.212. The van der Waals surface area contributed by atoms with E-state index in [1.54, 1.807) is 5.38 Å². The van der Waals surface area contributed by atoms with Gasteiger partial charge < -0.3 is 11.1 Å². The summed E-state index contributed by atoms with van der Waals surface area (Å²) in [5.41, 5.74) is 8.42. The summed E-state index contributed by atoms with van der Waals surface area (Å²) < 4.78 is 0. The minimum absolute atomic E-state index is 0.212. The summed E-state index contributed by atoms with van der Waals surface area (Å²) in [6, 6.07) is 5.61. The zero-order valence-electron chi connectivity index (χ0n) is 11.4. The first kappa shape index (κ1) is 14.3. The third-order valence-corrected chi connectivity index (χ3v) is 3.45. The smallest absolute Gasteiger partial charge is 0.275 e. The number of carbonyl (C=O) groups excluding carboxylic acids is 1. The van der Waals surface area contributed by atoms with Crippen LogP contribution in [0.2, 0.25) is 0 Å². The predicted octanol–water partition coefficient (Wildman–Crippen LogP) is 2.32. The molecule has 0 radical (unpaired) electrons. The number of anilines is 1. The molecule has 0 bridgehead atoms. The Morgan fingerprint density at radius 2 is 2.25 bits per heavy atom. The highest BCUT2D eigenvalue weighted by atomic mass is 32.1. The molecule has 1 amide bonds. The molecule has 1 aromatic heterocycles. The van der Waals surface area contributed by atoms with Crippen LogP contribution in [0, 0.1) is 25.7 Å². The van der Waals surface area contributed by atoms with Crippen LogP contribution < -0.4 is 11.1 Å². The van der Waals surface area contributed by atoms with Crippen molar-refractivity contribution in [2.24, 2.45) is 5.73 Å². The fourth-order valence-corrected chi connectivity index (χ4v) is 2.24. The van der Waals surface area contributed by atoms with E-state index in [4.69, 9.17) is 5.73 Å². The fraction of sp³-hybridized carbons (Fsp3) is 0.200. The Labute approximate surface area is 122 Å². The van der Waals surface area contributed by atoms with E-state index in [2.05, 4.69) is 22.1 Å². The van der Waals surface area contributed by atoms with Crippen molar-refractivity contribution < 1.29 is 4.79 Å². The summed E-state index contributed by atoms with van der Waals surface area (Å²) in [5, 5.41) is 5.43. The molecule has 1 aromatic carbocycles. The van der Waals surface area contributed by atoms with E-state index in [1.165, 1.54) is 11.3 Å². The van der Waals surface area contributed by atoms with Crippen molar-refractivity contribution in [2.75, 3.05) is 11.9 Å². The molecule has 0 saturated carbocycles. The van der Waals surface area contributed by atoms with Crippen molar-refractivity contribution in [3.63, 3.8) is 0 Å². The molecule has 2 rings (SSSR count). The number of rotatable bonds is 2. The Morgan fingerprint density at radius 1 is 1.45 bits per heavy atom. The predicted molar refractivity (Wildman–Crippen MR) is 81.9 cm³/mol. The molecule has 0 unspecified atom stereocenters. The van der Waals surface area contributed by atoms with E-state index >= 15 is 0 Å². The maximum absolute atomic E-state index is 12.0.